The highest BCUT2D eigenvalue weighted by Crippen LogP contribution is 2.26. The summed E-state index contributed by atoms with van der Waals surface area (Å²) in [5.41, 5.74) is 0. The van der Waals surface area contributed by atoms with Crippen molar-refractivity contribution in [1.82, 2.24) is 0 Å². The Kier molecular flexibility index (Phi) is 8.01. The van der Waals surface area contributed by atoms with Gasteiger partial charge in [-0.3, -0.25) is 0 Å². The van der Waals surface area contributed by atoms with Crippen LogP contribution in [0.3, 0.4) is 0 Å². The van der Waals surface area contributed by atoms with Gasteiger partial charge in [-0.25, -0.2) is 8.42 Å². The molecule has 0 radical (unpaired) electrons. The first-order chi connectivity index (χ1) is 11.1. The molecule has 2 rings (SSSR count). The van der Waals surface area contributed by atoms with Gasteiger partial charge in [0.1, 0.15) is 0 Å². The van der Waals surface area contributed by atoms with Gasteiger partial charge >= 0.3 is 0 Å². The van der Waals surface area contributed by atoms with Crippen LogP contribution in [-0.2, 0) is 9.84 Å². The Hall–Kier alpha value is 0.0500. The van der Waals surface area contributed by atoms with Crippen LogP contribution in [0.2, 0.25) is 0 Å². The quantitative estimate of drug-likeness (QED) is 0.358. The number of thioether (sulfide) groups is 2. The highest BCUT2D eigenvalue weighted by molar-refractivity contribution is 9.09. The molecular weight excluding hydrogens is 480 g/mol. The molecule has 0 bridgehead atoms. The molecular formula is C16H16Br2O2S3. The van der Waals surface area contributed by atoms with Crippen LogP contribution in [0.1, 0.15) is 0 Å². The maximum Gasteiger partial charge on any atom is 0.206 e. The van der Waals surface area contributed by atoms with Crippen molar-refractivity contribution in [2.45, 2.75) is 19.6 Å². The van der Waals surface area contributed by atoms with Crippen LogP contribution in [-0.4, -0.2) is 30.6 Å². The van der Waals surface area contributed by atoms with Crippen molar-refractivity contribution in [3.63, 3.8) is 0 Å². The van der Waals surface area contributed by atoms with Gasteiger partial charge in [0.2, 0.25) is 9.84 Å². The molecule has 23 heavy (non-hydrogen) atoms. The Bertz CT molecular complexity index is 656. The molecule has 0 saturated heterocycles. The first-order valence-electron chi connectivity index (χ1n) is 6.90. The minimum Gasteiger partial charge on any atom is -0.219 e. The molecule has 0 heterocycles. The predicted molar refractivity (Wildman–Crippen MR) is 107 cm³/mol. The second-order valence-corrected chi connectivity index (χ2v) is 10.4. The van der Waals surface area contributed by atoms with Gasteiger partial charge in [0.05, 0.1) is 9.79 Å². The standard InChI is InChI=1S/C16H16Br2O2S3/c17-9-11-21-13-1-5-15(6-2-13)23(19,20)16-7-3-14(4-8-16)22-12-10-18/h1-8H,9-12H2. The number of rotatable bonds is 8. The molecule has 0 aliphatic rings. The Balaban J connectivity index is 2.17. The fraction of sp³-hybridized carbons (Fsp3) is 0.250. The van der Waals surface area contributed by atoms with Crippen molar-refractivity contribution in [2.75, 3.05) is 22.2 Å². The van der Waals surface area contributed by atoms with Crippen molar-refractivity contribution in [3.05, 3.63) is 48.5 Å². The zero-order valence-electron chi connectivity index (χ0n) is 12.2. The Morgan fingerprint density at radius 1 is 0.696 bits per heavy atom. The van der Waals surface area contributed by atoms with Crippen molar-refractivity contribution in [2.24, 2.45) is 0 Å². The number of sulfone groups is 1. The van der Waals surface area contributed by atoms with Gasteiger partial charge in [-0.15, -0.1) is 23.5 Å². The van der Waals surface area contributed by atoms with Crippen LogP contribution >= 0.6 is 55.4 Å². The maximum absolute atomic E-state index is 12.7. The molecule has 0 aliphatic carbocycles. The molecule has 124 valence electrons. The fourth-order valence-corrected chi connectivity index (χ4v) is 5.39. The van der Waals surface area contributed by atoms with E-state index in [2.05, 4.69) is 31.9 Å². The SMILES string of the molecule is O=S(=O)(c1ccc(SCCBr)cc1)c1ccc(SCCBr)cc1. The van der Waals surface area contributed by atoms with Gasteiger partial charge in [0, 0.05) is 32.0 Å². The van der Waals surface area contributed by atoms with Crippen LogP contribution in [0, 0.1) is 0 Å². The Morgan fingerprint density at radius 3 is 1.35 bits per heavy atom. The topological polar surface area (TPSA) is 34.1 Å². The molecule has 0 aromatic heterocycles. The molecule has 0 spiro atoms. The number of hydrogen-bond donors (Lipinski definition) is 0. The maximum atomic E-state index is 12.7. The van der Waals surface area contributed by atoms with Gasteiger partial charge in [-0.1, -0.05) is 31.9 Å². The molecule has 0 fully saturated rings. The zero-order valence-corrected chi connectivity index (χ0v) is 17.9. The number of hydrogen-bond acceptors (Lipinski definition) is 4. The fourth-order valence-electron chi connectivity index (χ4n) is 1.88. The largest absolute Gasteiger partial charge is 0.219 e. The van der Waals surface area contributed by atoms with Gasteiger partial charge in [0.25, 0.3) is 0 Å². The second-order valence-electron chi connectivity index (χ2n) is 4.52. The summed E-state index contributed by atoms with van der Waals surface area (Å²) < 4.78 is 25.3. The lowest BCUT2D eigenvalue weighted by Gasteiger charge is -2.07. The van der Waals surface area contributed by atoms with Gasteiger partial charge in [0.15, 0.2) is 0 Å². The molecule has 0 unspecified atom stereocenters. The van der Waals surface area contributed by atoms with E-state index >= 15 is 0 Å². The number of alkyl halides is 2. The second kappa shape index (κ2) is 9.51. The van der Waals surface area contributed by atoms with E-state index in [9.17, 15) is 8.42 Å². The van der Waals surface area contributed by atoms with E-state index in [0.29, 0.717) is 9.79 Å². The summed E-state index contributed by atoms with van der Waals surface area (Å²) in [5, 5.41) is 1.83. The van der Waals surface area contributed by atoms with E-state index in [1.807, 2.05) is 24.3 Å². The summed E-state index contributed by atoms with van der Waals surface area (Å²) in [4.78, 5) is 2.82. The van der Waals surface area contributed by atoms with Crippen molar-refractivity contribution in [3.8, 4) is 0 Å². The van der Waals surface area contributed by atoms with Crippen molar-refractivity contribution < 1.29 is 8.42 Å². The summed E-state index contributed by atoms with van der Waals surface area (Å²) in [5.74, 6) is 1.92. The highest BCUT2D eigenvalue weighted by Gasteiger charge is 2.17. The highest BCUT2D eigenvalue weighted by atomic mass is 79.9. The molecule has 0 saturated carbocycles. The first-order valence-corrected chi connectivity index (χ1v) is 12.6. The van der Waals surface area contributed by atoms with E-state index in [1.165, 1.54) is 0 Å². The third-order valence-electron chi connectivity index (χ3n) is 2.96. The van der Waals surface area contributed by atoms with Crippen LogP contribution in [0.25, 0.3) is 0 Å². The number of halogens is 2. The summed E-state index contributed by atoms with van der Waals surface area (Å²) in [6.07, 6.45) is 0. The Labute approximate surface area is 163 Å². The molecule has 0 N–H and O–H groups in total. The average Bonchev–Trinajstić information content (AvgIpc) is 2.59. The third-order valence-corrected chi connectivity index (χ3v) is 8.62. The third kappa shape index (κ3) is 5.53. The van der Waals surface area contributed by atoms with Crippen LogP contribution in [0.15, 0.2) is 68.1 Å². The van der Waals surface area contributed by atoms with Crippen LogP contribution < -0.4 is 0 Å². The summed E-state index contributed by atoms with van der Waals surface area (Å²) in [6.45, 7) is 0. The molecule has 2 aromatic carbocycles. The lowest BCUT2D eigenvalue weighted by atomic mass is 10.4. The molecule has 0 atom stereocenters. The van der Waals surface area contributed by atoms with Gasteiger partial charge in [-0.05, 0) is 48.5 Å². The summed E-state index contributed by atoms with van der Waals surface area (Å²) in [7, 11) is -3.45. The van der Waals surface area contributed by atoms with E-state index in [1.54, 1.807) is 47.8 Å². The molecule has 2 nitrogen and oxygen atoms in total. The molecule has 0 aliphatic heterocycles. The molecule has 2 aromatic rings. The average molecular weight is 496 g/mol. The van der Waals surface area contributed by atoms with E-state index < -0.39 is 9.84 Å². The number of benzene rings is 2. The lowest BCUT2D eigenvalue weighted by Crippen LogP contribution is -2.01. The molecule has 0 amide bonds. The lowest BCUT2D eigenvalue weighted by molar-refractivity contribution is 0.596. The van der Waals surface area contributed by atoms with E-state index in [0.717, 1.165) is 32.0 Å². The van der Waals surface area contributed by atoms with Gasteiger partial charge < -0.3 is 0 Å². The zero-order chi connectivity index (χ0) is 16.7. The molecule has 7 heteroatoms. The van der Waals surface area contributed by atoms with Crippen LogP contribution in [0.4, 0.5) is 0 Å². The van der Waals surface area contributed by atoms with Crippen molar-refractivity contribution >= 4 is 65.2 Å². The smallest absolute Gasteiger partial charge is 0.206 e. The summed E-state index contributed by atoms with van der Waals surface area (Å²) in [6, 6.07) is 14.2. The van der Waals surface area contributed by atoms with Crippen LogP contribution in [0.5, 0.6) is 0 Å². The van der Waals surface area contributed by atoms with Crippen molar-refractivity contribution in [1.29, 1.82) is 0 Å². The first kappa shape index (κ1) is 19.4. The minimum absolute atomic E-state index is 0.335. The van der Waals surface area contributed by atoms with E-state index in [4.69, 9.17) is 0 Å². The normalized spacial score (nSPS) is 11.6. The van der Waals surface area contributed by atoms with Gasteiger partial charge in [-0.2, -0.15) is 0 Å². The predicted octanol–water partition coefficient (Wildman–Crippen LogP) is 5.49. The minimum atomic E-state index is -3.45. The monoisotopic (exact) mass is 494 g/mol. The summed E-state index contributed by atoms with van der Waals surface area (Å²) >= 11 is 10.2. The Morgan fingerprint density at radius 2 is 1.04 bits per heavy atom. The van der Waals surface area contributed by atoms with E-state index in [-0.39, 0.29) is 0 Å².